The number of carbonyl (C=O) groups excluding carboxylic acids is 1. The number of fused-ring (bicyclic) bond motifs is 1. The number of rotatable bonds is 5. The first-order chi connectivity index (χ1) is 9.09. The number of nitrogens with one attached hydrogen (secondary N) is 1. The first-order valence-electron chi connectivity index (χ1n) is 6.47. The van der Waals surface area contributed by atoms with E-state index >= 15 is 0 Å². The number of hydrogen-bond acceptors (Lipinski definition) is 3. The molecule has 0 aliphatic rings. The van der Waals surface area contributed by atoms with Gasteiger partial charge in [-0.25, -0.2) is 4.98 Å². The molecule has 1 aromatic carbocycles. The number of aliphatic hydroxyl groups is 1. The Morgan fingerprint density at radius 2 is 2.16 bits per heavy atom. The van der Waals surface area contributed by atoms with Crippen LogP contribution in [0.2, 0.25) is 0 Å². The Labute approximate surface area is 112 Å². The molecule has 2 N–H and O–H groups in total. The lowest BCUT2D eigenvalue weighted by molar-refractivity contribution is -0.123. The van der Waals surface area contributed by atoms with Gasteiger partial charge in [0, 0.05) is 6.54 Å². The highest BCUT2D eigenvalue weighted by Gasteiger charge is 2.16. The molecule has 2 rings (SSSR count). The van der Waals surface area contributed by atoms with Crippen LogP contribution < -0.4 is 5.32 Å². The van der Waals surface area contributed by atoms with Gasteiger partial charge in [0.15, 0.2) is 0 Å². The minimum Gasteiger partial charge on any atom is -0.393 e. The van der Waals surface area contributed by atoms with Gasteiger partial charge >= 0.3 is 0 Å². The van der Waals surface area contributed by atoms with E-state index in [4.69, 9.17) is 5.11 Å². The Hall–Kier alpha value is -1.88. The van der Waals surface area contributed by atoms with E-state index in [0.29, 0.717) is 13.0 Å². The lowest BCUT2D eigenvalue weighted by Crippen LogP contribution is -2.32. The van der Waals surface area contributed by atoms with Crippen LogP contribution in [0.4, 0.5) is 0 Å². The van der Waals surface area contributed by atoms with Crippen LogP contribution in [0.15, 0.2) is 30.6 Å². The van der Waals surface area contributed by atoms with Crippen LogP contribution in [0.5, 0.6) is 0 Å². The summed E-state index contributed by atoms with van der Waals surface area (Å²) in [6.45, 7) is 4.03. The van der Waals surface area contributed by atoms with Gasteiger partial charge in [0.25, 0.3) is 0 Å². The predicted molar refractivity (Wildman–Crippen MR) is 73.8 cm³/mol. The topological polar surface area (TPSA) is 67.2 Å². The second-order valence-electron chi connectivity index (χ2n) is 4.75. The first kappa shape index (κ1) is 13.5. The standard InChI is InChI=1S/C14H19N3O2/c1-10(18)7-8-15-14(19)11(2)17-9-16-12-5-3-4-6-13(12)17/h3-6,9-11,18H,7-8H2,1-2H3,(H,15,19). The van der Waals surface area contributed by atoms with Crippen molar-refractivity contribution in [1.82, 2.24) is 14.9 Å². The highest BCUT2D eigenvalue weighted by atomic mass is 16.3. The van der Waals surface area contributed by atoms with Crippen molar-refractivity contribution in [2.24, 2.45) is 0 Å². The molecule has 0 saturated heterocycles. The molecule has 1 aromatic heterocycles. The molecule has 2 atom stereocenters. The highest BCUT2D eigenvalue weighted by molar-refractivity contribution is 5.83. The summed E-state index contributed by atoms with van der Waals surface area (Å²) in [6.07, 6.45) is 1.84. The molecular formula is C14H19N3O2. The van der Waals surface area contributed by atoms with Gasteiger partial charge in [-0.15, -0.1) is 0 Å². The molecule has 1 heterocycles. The number of imidazole rings is 1. The SMILES string of the molecule is CC(O)CCNC(=O)C(C)n1cnc2ccccc21. The van der Waals surface area contributed by atoms with E-state index in [-0.39, 0.29) is 11.9 Å². The third-order valence-electron chi connectivity index (χ3n) is 3.14. The fourth-order valence-corrected chi connectivity index (χ4v) is 1.97. The Bertz CT molecular complexity index is 563. The fraction of sp³-hybridized carbons (Fsp3) is 0.429. The van der Waals surface area contributed by atoms with Gasteiger partial charge in [-0.2, -0.15) is 0 Å². The molecule has 0 bridgehead atoms. The molecule has 0 saturated carbocycles. The first-order valence-corrected chi connectivity index (χ1v) is 6.47. The van der Waals surface area contributed by atoms with E-state index in [0.717, 1.165) is 11.0 Å². The number of aromatic nitrogens is 2. The van der Waals surface area contributed by atoms with Crippen LogP contribution in [-0.2, 0) is 4.79 Å². The number of para-hydroxylation sites is 2. The maximum absolute atomic E-state index is 12.0. The molecule has 2 aromatic rings. The summed E-state index contributed by atoms with van der Waals surface area (Å²) >= 11 is 0. The number of carbonyl (C=O) groups is 1. The van der Waals surface area contributed by atoms with Crippen molar-refractivity contribution in [2.75, 3.05) is 6.54 Å². The average molecular weight is 261 g/mol. The zero-order valence-electron chi connectivity index (χ0n) is 11.2. The molecule has 0 aliphatic carbocycles. The number of nitrogens with zero attached hydrogens (tertiary/aromatic N) is 2. The maximum atomic E-state index is 12.0. The monoisotopic (exact) mass is 261 g/mol. The second kappa shape index (κ2) is 5.84. The summed E-state index contributed by atoms with van der Waals surface area (Å²) in [5.41, 5.74) is 1.83. The molecule has 19 heavy (non-hydrogen) atoms. The van der Waals surface area contributed by atoms with Gasteiger partial charge in [-0.1, -0.05) is 12.1 Å². The van der Waals surface area contributed by atoms with Crippen LogP contribution in [0.1, 0.15) is 26.3 Å². The number of aliphatic hydroxyl groups excluding tert-OH is 1. The third-order valence-corrected chi connectivity index (χ3v) is 3.14. The van der Waals surface area contributed by atoms with Crippen molar-refractivity contribution < 1.29 is 9.90 Å². The average Bonchev–Trinajstić information content (AvgIpc) is 2.81. The van der Waals surface area contributed by atoms with Gasteiger partial charge in [0.05, 0.1) is 23.5 Å². The van der Waals surface area contributed by atoms with Crippen molar-refractivity contribution in [3.8, 4) is 0 Å². The van der Waals surface area contributed by atoms with E-state index in [9.17, 15) is 4.79 Å². The highest BCUT2D eigenvalue weighted by Crippen LogP contribution is 2.17. The lowest BCUT2D eigenvalue weighted by atomic mass is 10.2. The van der Waals surface area contributed by atoms with Crippen molar-refractivity contribution >= 4 is 16.9 Å². The van der Waals surface area contributed by atoms with Gasteiger partial charge in [0.2, 0.25) is 5.91 Å². The predicted octanol–water partition coefficient (Wildman–Crippen LogP) is 1.48. The van der Waals surface area contributed by atoms with Crippen molar-refractivity contribution in [3.05, 3.63) is 30.6 Å². The van der Waals surface area contributed by atoms with E-state index in [1.807, 2.05) is 35.8 Å². The van der Waals surface area contributed by atoms with Gasteiger partial charge in [-0.3, -0.25) is 4.79 Å². The second-order valence-corrected chi connectivity index (χ2v) is 4.75. The Morgan fingerprint density at radius 3 is 2.89 bits per heavy atom. The van der Waals surface area contributed by atoms with Gasteiger partial charge in [0.1, 0.15) is 6.04 Å². The van der Waals surface area contributed by atoms with Crippen LogP contribution in [-0.4, -0.2) is 33.2 Å². The summed E-state index contributed by atoms with van der Waals surface area (Å²) < 4.78 is 1.85. The van der Waals surface area contributed by atoms with Gasteiger partial charge in [-0.05, 0) is 32.4 Å². The summed E-state index contributed by atoms with van der Waals surface area (Å²) in [5, 5.41) is 12.0. The zero-order valence-corrected chi connectivity index (χ0v) is 11.2. The lowest BCUT2D eigenvalue weighted by Gasteiger charge is -2.15. The quantitative estimate of drug-likeness (QED) is 0.856. The van der Waals surface area contributed by atoms with E-state index in [2.05, 4.69) is 10.3 Å². The molecule has 0 fully saturated rings. The van der Waals surface area contributed by atoms with Crippen molar-refractivity contribution in [1.29, 1.82) is 0 Å². The number of hydrogen-bond donors (Lipinski definition) is 2. The molecule has 0 spiro atoms. The normalized spacial score (nSPS) is 14.3. The smallest absolute Gasteiger partial charge is 0.242 e. The fourth-order valence-electron chi connectivity index (χ4n) is 1.97. The number of amides is 1. The Morgan fingerprint density at radius 1 is 1.42 bits per heavy atom. The molecule has 2 unspecified atom stereocenters. The summed E-state index contributed by atoms with van der Waals surface area (Å²) in [5.74, 6) is -0.0659. The van der Waals surface area contributed by atoms with E-state index in [1.54, 1.807) is 13.3 Å². The minimum absolute atomic E-state index is 0.0659. The molecule has 0 aliphatic heterocycles. The Kier molecular flexibility index (Phi) is 4.16. The van der Waals surface area contributed by atoms with Gasteiger partial charge < -0.3 is 15.0 Å². The molecule has 5 nitrogen and oxygen atoms in total. The maximum Gasteiger partial charge on any atom is 0.242 e. The third kappa shape index (κ3) is 3.12. The van der Waals surface area contributed by atoms with Crippen LogP contribution >= 0.6 is 0 Å². The van der Waals surface area contributed by atoms with Crippen LogP contribution in [0, 0.1) is 0 Å². The molecule has 102 valence electrons. The molecular weight excluding hydrogens is 242 g/mol. The molecule has 5 heteroatoms. The van der Waals surface area contributed by atoms with Crippen molar-refractivity contribution in [2.45, 2.75) is 32.4 Å². The largest absolute Gasteiger partial charge is 0.393 e. The van der Waals surface area contributed by atoms with E-state index in [1.165, 1.54) is 0 Å². The zero-order chi connectivity index (χ0) is 13.8. The minimum atomic E-state index is -0.398. The van der Waals surface area contributed by atoms with E-state index < -0.39 is 6.10 Å². The molecule has 1 amide bonds. The number of benzene rings is 1. The summed E-state index contributed by atoms with van der Waals surface area (Å²) in [4.78, 5) is 16.3. The summed E-state index contributed by atoms with van der Waals surface area (Å²) in [6, 6.07) is 7.40. The molecule has 0 radical (unpaired) electrons. The Balaban J connectivity index is 2.06. The summed E-state index contributed by atoms with van der Waals surface area (Å²) in [7, 11) is 0. The van der Waals surface area contributed by atoms with Crippen LogP contribution in [0.3, 0.4) is 0 Å². The van der Waals surface area contributed by atoms with Crippen molar-refractivity contribution in [3.63, 3.8) is 0 Å². The van der Waals surface area contributed by atoms with Crippen LogP contribution in [0.25, 0.3) is 11.0 Å².